The van der Waals surface area contributed by atoms with Gasteiger partial charge in [0.05, 0.1) is 11.2 Å². The molecule has 342 valence electrons. The Hall–Kier alpha value is -6.56. The Labute approximate surface area is 413 Å². The first-order valence-corrected chi connectivity index (χ1v) is 25.7. The molecule has 4 heterocycles. The zero-order valence-electron chi connectivity index (χ0n) is 42.3. The Morgan fingerprint density at radius 1 is 0.420 bits per heavy atom. The molecule has 0 N–H and O–H groups in total. The molecule has 2 aliphatic heterocycles. The number of fused-ring (bicyclic) bond motifs is 11. The standard InChI is InChI=1S/C64H62BN3S/c1-61(2,3)39-20-27-43(28-21-39)66(44-29-22-40(23-30-44)62(4,5)6)46-37-53-59-54(38-46)68-52-34-35-56-58(47-16-13-14-19-55(47)69-56)57(52)48-17-15-18-49(60(48)68)65(59)50-36-42(64(10,11)12)26-33-51(50)67(53)45-31-24-41(25-32-45)63(7,8)9/h13-38H,1-12H3. The Morgan fingerprint density at radius 2 is 0.971 bits per heavy atom. The van der Waals surface area contributed by atoms with Crippen molar-refractivity contribution < 1.29 is 0 Å². The van der Waals surface area contributed by atoms with Crippen LogP contribution >= 0.6 is 11.3 Å². The van der Waals surface area contributed by atoms with E-state index < -0.39 is 0 Å². The van der Waals surface area contributed by atoms with Crippen LogP contribution in [0.3, 0.4) is 0 Å². The number of hydrogen-bond acceptors (Lipinski definition) is 3. The third kappa shape index (κ3) is 6.82. The maximum absolute atomic E-state index is 2.65. The van der Waals surface area contributed by atoms with Crippen LogP contribution in [0.15, 0.2) is 158 Å². The first kappa shape index (κ1) is 43.7. The van der Waals surface area contributed by atoms with Crippen LogP contribution in [-0.2, 0) is 21.7 Å². The third-order valence-corrected chi connectivity index (χ3v) is 16.3. The van der Waals surface area contributed by atoms with Gasteiger partial charge in [-0.3, -0.25) is 0 Å². The van der Waals surface area contributed by atoms with Crippen molar-refractivity contribution in [1.29, 1.82) is 0 Å². The van der Waals surface area contributed by atoms with Gasteiger partial charge in [-0.1, -0.05) is 168 Å². The Bertz CT molecular complexity index is 3640. The van der Waals surface area contributed by atoms with Gasteiger partial charge in [-0.05, 0) is 133 Å². The van der Waals surface area contributed by atoms with Crippen LogP contribution in [0.1, 0.15) is 105 Å². The molecule has 0 spiro atoms. The predicted molar refractivity (Wildman–Crippen MR) is 302 cm³/mol. The van der Waals surface area contributed by atoms with Crippen molar-refractivity contribution >= 4 is 111 Å². The van der Waals surface area contributed by atoms with E-state index in [2.05, 4.69) is 255 Å². The van der Waals surface area contributed by atoms with Gasteiger partial charge < -0.3 is 14.4 Å². The van der Waals surface area contributed by atoms with E-state index in [9.17, 15) is 0 Å². The van der Waals surface area contributed by atoms with Gasteiger partial charge in [0.15, 0.2) is 0 Å². The topological polar surface area (TPSA) is 11.4 Å². The summed E-state index contributed by atoms with van der Waals surface area (Å²) in [5.74, 6) is 0. The summed E-state index contributed by atoms with van der Waals surface area (Å²) in [4.78, 5) is 5.08. The van der Waals surface area contributed by atoms with Crippen molar-refractivity contribution in [2.75, 3.05) is 9.80 Å². The van der Waals surface area contributed by atoms with E-state index in [1.807, 2.05) is 11.3 Å². The van der Waals surface area contributed by atoms with Crippen molar-refractivity contribution in [3.05, 3.63) is 180 Å². The fourth-order valence-corrected chi connectivity index (χ4v) is 12.5. The van der Waals surface area contributed by atoms with E-state index in [1.165, 1.54) is 97.7 Å². The molecule has 5 heteroatoms. The highest BCUT2D eigenvalue weighted by Gasteiger charge is 2.43. The molecule has 0 amide bonds. The lowest BCUT2D eigenvalue weighted by Gasteiger charge is -2.42. The summed E-state index contributed by atoms with van der Waals surface area (Å²) < 4.78 is 5.31. The number of hydrogen-bond donors (Lipinski definition) is 0. The molecule has 10 aromatic rings. The van der Waals surface area contributed by atoms with Crippen molar-refractivity contribution in [3.8, 4) is 5.69 Å². The van der Waals surface area contributed by atoms with Gasteiger partial charge in [0, 0.05) is 70.6 Å². The summed E-state index contributed by atoms with van der Waals surface area (Å²) in [6.07, 6.45) is 0. The summed E-state index contributed by atoms with van der Waals surface area (Å²) in [7, 11) is 0. The van der Waals surface area contributed by atoms with Gasteiger partial charge in [-0.2, -0.15) is 0 Å². The minimum absolute atomic E-state index is 0.00672. The SMILES string of the molecule is CC(C)(C)c1ccc(N(c2ccc(C(C)(C)C)cc2)c2cc3c4c(c2)-n2c5ccc6sc7ccccc7c6c5c5cccc(c52)B4c2cc(C(C)(C)C)ccc2N3c2ccc(C(C)(C)C)cc2)cc1. The van der Waals surface area contributed by atoms with E-state index in [4.69, 9.17) is 0 Å². The average molecular weight is 916 g/mol. The van der Waals surface area contributed by atoms with Crippen LogP contribution in [0.25, 0.3) is 47.7 Å². The molecule has 0 saturated heterocycles. The first-order chi connectivity index (χ1) is 32.8. The number of nitrogens with zero attached hydrogens (tertiary/aromatic N) is 3. The molecule has 12 rings (SSSR count). The number of thiophene rings is 1. The lowest BCUT2D eigenvalue weighted by molar-refractivity contribution is 0.590. The van der Waals surface area contributed by atoms with Crippen LogP contribution < -0.4 is 26.2 Å². The molecular formula is C64H62BN3S. The van der Waals surface area contributed by atoms with Crippen molar-refractivity contribution in [1.82, 2.24) is 4.57 Å². The van der Waals surface area contributed by atoms with Crippen molar-refractivity contribution in [2.24, 2.45) is 0 Å². The average Bonchev–Trinajstić information content (AvgIpc) is 3.86. The van der Waals surface area contributed by atoms with Gasteiger partial charge in [-0.15, -0.1) is 11.3 Å². The Balaban J connectivity index is 1.23. The molecule has 0 bridgehead atoms. The highest BCUT2D eigenvalue weighted by molar-refractivity contribution is 7.26. The largest absolute Gasteiger partial charge is 0.311 e. The number of benzene rings is 8. The molecule has 0 radical (unpaired) electrons. The van der Waals surface area contributed by atoms with Gasteiger partial charge in [0.1, 0.15) is 0 Å². The van der Waals surface area contributed by atoms with Crippen LogP contribution in [0.5, 0.6) is 0 Å². The van der Waals surface area contributed by atoms with E-state index in [0.29, 0.717) is 0 Å². The molecule has 0 saturated carbocycles. The number of anilines is 6. The van der Waals surface area contributed by atoms with Crippen LogP contribution in [0.2, 0.25) is 0 Å². The molecule has 2 aromatic heterocycles. The number of para-hydroxylation sites is 1. The molecule has 0 unspecified atom stereocenters. The quantitative estimate of drug-likeness (QED) is 0.163. The van der Waals surface area contributed by atoms with Gasteiger partial charge in [0.25, 0.3) is 6.71 Å². The summed E-state index contributed by atoms with van der Waals surface area (Å²) in [5, 5.41) is 5.34. The first-order valence-electron chi connectivity index (χ1n) is 24.9. The normalized spacial score (nSPS) is 13.7. The second-order valence-electron chi connectivity index (χ2n) is 23.9. The highest BCUT2D eigenvalue weighted by Crippen LogP contribution is 2.49. The summed E-state index contributed by atoms with van der Waals surface area (Å²) in [6.45, 7) is 27.8. The van der Waals surface area contributed by atoms with E-state index in [-0.39, 0.29) is 28.4 Å². The highest BCUT2D eigenvalue weighted by atomic mass is 32.1. The van der Waals surface area contributed by atoms with Gasteiger partial charge in [0.2, 0.25) is 0 Å². The molecule has 8 aromatic carbocycles. The molecule has 0 atom stereocenters. The number of rotatable bonds is 4. The van der Waals surface area contributed by atoms with E-state index >= 15 is 0 Å². The second kappa shape index (κ2) is 15.0. The summed E-state index contributed by atoms with van der Waals surface area (Å²) in [6, 6.07) is 61.3. The fourth-order valence-electron chi connectivity index (χ4n) is 11.4. The molecule has 0 aliphatic carbocycles. The second-order valence-corrected chi connectivity index (χ2v) is 25.0. The Kier molecular flexibility index (Phi) is 9.48. The maximum atomic E-state index is 2.65. The molecule has 2 aliphatic rings. The van der Waals surface area contributed by atoms with Gasteiger partial charge >= 0.3 is 0 Å². The fraction of sp³-hybridized carbons (Fsp3) is 0.250. The lowest BCUT2D eigenvalue weighted by atomic mass is 9.33. The van der Waals surface area contributed by atoms with Crippen LogP contribution in [-0.4, -0.2) is 11.3 Å². The van der Waals surface area contributed by atoms with E-state index in [1.54, 1.807) is 0 Å². The zero-order valence-corrected chi connectivity index (χ0v) is 43.2. The monoisotopic (exact) mass is 915 g/mol. The smallest absolute Gasteiger partial charge is 0.252 e. The molecule has 0 fully saturated rings. The molecule has 69 heavy (non-hydrogen) atoms. The third-order valence-electron chi connectivity index (χ3n) is 15.2. The predicted octanol–water partition coefficient (Wildman–Crippen LogP) is 16.4. The Morgan fingerprint density at radius 3 is 1.58 bits per heavy atom. The van der Waals surface area contributed by atoms with Crippen LogP contribution in [0.4, 0.5) is 34.1 Å². The number of aromatic nitrogens is 1. The minimum Gasteiger partial charge on any atom is -0.311 e. The van der Waals surface area contributed by atoms with Crippen LogP contribution in [0, 0.1) is 0 Å². The van der Waals surface area contributed by atoms with Crippen molar-refractivity contribution in [3.63, 3.8) is 0 Å². The molecular weight excluding hydrogens is 854 g/mol. The minimum atomic E-state index is -0.0338. The summed E-state index contributed by atoms with van der Waals surface area (Å²) in [5.41, 5.74) is 20.2. The van der Waals surface area contributed by atoms with Gasteiger partial charge in [-0.25, -0.2) is 0 Å². The zero-order chi connectivity index (χ0) is 48.1. The maximum Gasteiger partial charge on any atom is 0.252 e. The van der Waals surface area contributed by atoms with Crippen molar-refractivity contribution in [2.45, 2.75) is 105 Å². The van der Waals surface area contributed by atoms with E-state index in [0.717, 1.165) is 22.7 Å². The lowest BCUT2D eigenvalue weighted by Crippen LogP contribution is -2.60. The summed E-state index contributed by atoms with van der Waals surface area (Å²) >= 11 is 1.90. The molecule has 3 nitrogen and oxygen atoms in total.